The highest BCUT2D eigenvalue weighted by molar-refractivity contribution is 7.71. The van der Waals surface area contributed by atoms with Crippen molar-refractivity contribution in [3.8, 4) is 11.8 Å². The van der Waals surface area contributed by atoms with Gasteiger partial charge in [0.15, 0.2) is 5.82 Å². The number of benzene rings is 1. The summed E-state index contributed by atoms with van der Waals surface area (Å²) in [5.74, 6) is 0.131. The van der Waals surface area contributed by atoms with Crippen LogP contribution in [0.4, 0.5) is 5.82 Å². The van der Waals surface area contributed by atoms with Gasteiger partial charge in [-0.05, 0) is 19.1 Å². The first-order valence-corrected chi connectivity index (χ1v) is 7.70. The second-order valence-electron chi connectivity index (χ2n) is 5.42. The number of pyridine rings is 1. The van der Waals surface area contributed by atoms with E-state index in [2.05, 4.69) is 21.9 Å². The van der Waals surface area contributed by atoms with E-state index in [0.29, 0.717) is 21.5 Å². The first-order chi connectivity index (χ1) is 11.6. The zero-order valence-corrected chi connectivity index (χ0v) is 13.5. The molecule has 0 radical (unpaired) electrons. The van der Waals surface area contributed by atoms with E-state index in [1.165, 1.54) is 0 Å². The molecule has 118 valence electrons. The third-order valence-corrected chi connectivity index (χ3v) is 4.33. The zero-order valence-electron chi connectivity index (χ0n) is 12.7. The first kappa shape index (κ1) is 14.4. The lowest BCUT2D eigenvalue weighted by Gasteiger charge is -2.23. The van der Waals surface area contributed by atoms with Crippen LogP contribution in [-0.4, -0.2) is 26.9 Å². The number of aryl methyl sites for hydroxylation is 1. The van der Waals surface area contributed by atoms with E-state index in [1.807, 2.05) is 37.3 Å². The van der Waals surface area contributed by atoms with E-state index in [-0.39, 0.29) is 12.5 Å². The number of rotatable bonds is 1. The molecule has 1 aromatic carbocycles. The van der Waals surface area contributed by atoms with Crippen molar-refractivity contribution in [2.45, 2.75) is 6.92 Å². The van der Waals surface area contributed by atoms with E-state index in [4.69, 9.17) is 12.2 Å². The van der Waals surface area contributed by atoms with Crippen LogP contribution in [0.1, 0.15) is 11.3 Å². The molecule has 0 spiro atoms. The van der Waals surface area contributed by atoms with Gasteiger partial charge in [0.1, 0.15) is 22.8 Å². The maximum Gasteiger partial charge on any atom is 0.246 e. The lowest BCUT2D eigenvalue weighted by molar-refractivity contribution is -0.115. The Bertz CT molecular complexity index is 1090. The van der Waals surface area contributed by atoms with Gasteiger partial charge in [-0.2, -0.15) is 10.4 Å². The number of aromatic nitrogens is 3. The van der Waals surface area contributed by atoms with Crippen molar-refractivity contribution in [3.63, 3.8) is 0 Å². The number of anilines is 1. The fourth-order valence-electron chi connectivity index (χ4n) is 2.91. The molecule has 7 nitrogen and oxygen atoms in total. The molecule has 0 saturated heterocycles. The Labute approximate surface area is 142 Å². The number of para-hydroxylation sites is 1. The van der Waals surface area contributed by atoms with Gasteiger partial charge in [-0.15, -0.1) is 0 Å². The fraction of sp³-hybridized carbons (Fsp3) is 0.125. The monoisotopic (exact) mass is 336 g/mol. The number of nitrogens with one attached hydrogen (secondary N) is 2. The summed E-state index contributed by atoms with van der Waals surface area (Å²) in [5.41, 5.74) is 5.40. The summed E-state index contributed by atoms with van der Waals surface area (Å²) in [6.45, 7) is 1.96. The molecule has 3 heterocycles. The molecule has 1 aliphatic heterocycles. The second-order valence-corrected chi connectivity index (χ2v) is 5.80. The summed E-state index contributed by atoms with van der Waals surface area (Å²) in [6.07, 6.45) is 0. The number of fused-ring (bicyclic) bond motifs is 2. The number of amides is 1. The third-order valence-electron chi connectivity index (χ3n) is 3.94. The average molecular weight is 336 g/mol. The summed E-state index contributed by atoms with van der Waals surface area (Å²) in [6, 6.07) is 11.7. The molecule has 8 heteroatoms. The Morgan fingerprint density at radius 2 is 2.08 bits per heavy atom. The van der Waals surface area contributed by atoms with E-state index in [1.54, 1.807) is 9.36 Å². The molecule has 0 bridgehead atoms. The van der Waals surface area contributed by atoms with E-state index in [9.17, 15) is 10.1 Å². The van der Waals surface area contributed by atoms with Crippen LogP contribution in [0.15, 0.2) is 30.3 Å². The van der Waals surface area contributed by atoms with Gasteiger partial charge in [-0.1, -0.05) is 30.4 Å². The van der Waals surface area contributed by atoms with Gasteiger partial charge in [0, 0.05) is 0 Å². The topological polar surface area (TPSA) is 87.7 Å². The number of nitriles is 1. The molecule has 0 fully saturated rings. The molecule has 24 heavy (non-hydrogen) atoms. The van der Waals surface area contributed by atoms with Gasteiger partial charge in [0.05, 0.1) is 22.3 Å². The largest absolute Gasteiger partial charge is 0.314 e. The van der Waals surface area contributed by atoms with Crippen molar-refractivity contribution < 1.29 is 4.79 Å². The van der Waals surface area contributed by atoms with Crippen molar-refractivity contribution in [2.75, 3.05) is 17.3 Å². The Morgan fingerprint density at radius 1 is 1.33 bits per heavy atom. The van der Waals surface area contributed by atoms with Gasteiger partial charge >= 0.3 is 0 Å². The van der Waals surface area contributed by atoms with Crippen molar-refractivity contribution in [1.29, 1.82) is 5.26 Å². The van der Waals surface area contributed by atoms with Crippen molar-refractivity contribution in [2.24, 2.45) is 0 Å². The van der Waals surface area contributed by atoms with Crippen LogP contribution in [0.3, 0.4) is 0 Å². The number of carbonyl (C=O) groups excluding carboxylic acids is 1. The van der Waals surface area contributed by atoms with Gasteiger partial charge in [-0.25, -0.2) is 9.36 Å². The van der Waals surface area contributed by atoms with Crippen LogP contribution in [0, 0.1) is 22.9 Å². The summed E-state index contributed by atoms with van der Waals surface area (Å²) >= 11 is 5.56. The Hall–Kier alpha value is -3.18. The predicted molar refractivity (Wildman–Crippen MR) is 92.2 cm³/mol. The first-order valence-electron chi connectivity index (χ1n) is 7.29. The molecule has 0 saturated carbocycles. The molecule has 2 N–H and O–H groups in total. The van der Waals surface area contributed by atoms with Crippen LogP contribution in [0.2, 0.25) is 0 Å². The second kappa shape index (κ2) is 5.18. The van der Waals surface area contributed by atoms with Crippen molar-refractivity contribution in [1.82, 2.24) is 14.5 Å². The van der Waals surface area contributed by atoms with Crippen LogP contribution in [-0.2, 0) is 4.79 Å². The van der Waals surface area contributed by atoms with E-state index >= 15 is 0 Å². The molecule has 2 aromatic heterocycles. The van der Waals surface area contributed by atoms with Gasteiger partial charge in [-0.3, -0.25) is 4.79 Å². The van der Waals surface area contributed by atoms with Crippen LogP contribution in [0.5, 0.6) is 0 Å². The Morgan fingerprint density at radius 3 is 2.79 bits per heavy atom. The van der Waals surface area contributed by atoms with Gasteiger partial charge in [0.2, 0.25) is 5.91 Å². The minimum Gasteiger partial charge on any atom is -0.314 e. The minimum absolute atomic E-state index is 0.101. The summed E-state index contributed by atoms with van der Waals surface area (Å²) in [7, 11) is 0. The minimum atomic E-state index is -0.220. The lowest BCUT2D eigenvalue weighted by atomic mass is 10.1. The van der Waals surface area contributed by atoms with Crippen molar-refractivity contribution >= 4 is 34.8 Å². The average Bonchev–Trinajstić information content (AvgIpc) is 2.94. The number of hydrogen-bond acceptors (Lipinski definition) is 5. The molecule has 0 aliphatic carbocycles. The molecule has 0 unspecified atom stereocenters. The quantitative estimate of drug-likeness (QED) is 0.665. The van der Waals surface area contributed by atoms with Crippen LogP contribution >= 0.6 is 12.2 Å². The van der Waals surface area contributed by atoms with Crippen molar-refractivity contribution in [3.05, 3.63) is 46.2 Å². The van der Waals surface area contributed by atoms with E-state index < -0.39 is 0 Å². The third kappa shape index (κ3) is 1.92. The Kier molecular flexibility index (Phi) is 3.11. The maximum atomic E-state index is 11.7. The fourth-order valence-corrected chi connectivity index (χ4v) is 3.31. The van der Waals surface area contributed by atoms with Gasteiger partial charge in [0.25, 0.3) is 0 Å². The summed E-state index contributed by atoms with van der Waals surface area (Å²) in [5, 5.41) is 17.7. The highest BCUT2D eigenvalue weighted by Gasteiger charge is 2.25. The molecule has 0 atom stereocenters. The molecular formula is C16H12N6OS. The molecule has 1 amide bonds. The Balaban J connectivity index is 2.18. The number of nitrogens with zero attached hydrogens (tertiary/aromatic N) is 4. The molecule has 4 rings (SSSR count). The normalized spacial score (nSPS) is 13.1. The highest BCUT2D eigenvalue weighted by Crippen LogP contribution is 2.31. The standard InChI is InChI=1S/C16H12N6OS/c1-9-13-14(21(20-9)10-5-3-2-4-6-10)11(7-17)15-19-12(23)8-18-22(15)16(13)24/h2-6,18H,8H2,1H3,(H,19,23). The van der Waals surface area contributed by atoms with Gasteiger partial charge < -0.3 is 10.7 Å². The lowest BCUT2D eigenvalue weighted by Crippen LogP contribution is -2.36. The zero-order chi connectivity index (χ0) is 16.8. The predicted octanol–water partition coefficient (Wildman–Crippen LogP) is 2.23. The SMILES string of the molecule is Cc1nn(-c2ccccc2)c2c(C#N)c3n(c(=S)c12)NCC(=O)N3. The smallest absolute Gasteiger partial charge is 0.246 e. The summed E-state index contributed by atoms with van der Waals surface area (Å²) < 4.78 is 3.75. The molecule has 1 aliphatic rings. The van der Waals surface area contributed by atoms with Crippen LogP contribution in [0.25, 0.3) is 16.6 Å². The number of hydrogen-bond donors (Lipinski definition) is 2. The maximum absolute atomic E-state index is 11.7. The molecular weight excluding hydrogens is 324 g/mol. The van der Waals surface area contributed by atoms with Crippen LogP contribution < -0.4 is 10.7 Å². The summed E-state index contributed by atoms with van der Waals surface area (Å²) in [4.78, 5) is 11.7. The number of carbonyl (C=O) groups is 1. The molecule has 3 aromatic rings. The van der Waals surface area contributed by atoms with E-state index in [0.717, 1.165) is 16.8 Å². The highest BCUT2D eigenvalue weighted by atomic mass is 32.1.